The number of hydrogen-bond donors (Lipinski definition) is 1. The number of anilines is 1. The summed E-state index contributed by atoms with van der Waals surface area (Å²) in [6.07, 6.45) is 2.77. The molecule has 3 rings (SSSR count). The number of rotatable bonds is 4. The van der Waals surface area contributed by atoms with Crippen molar-refractivity contribution in [2.45, 2.75) is 25.3 Å². The maximum absolute atomic E-state index is 13.8. The van der Waals surface area contributed by atoms with Crippen LogP contribution in [0.15, 0.2) is 24.3 Å². The molecule has 2 fully saturated rings. The summed E-state index contributed by atoms with van der Waals surface area (Å²) in [5.41, 5.74) is 6.64. The van der Waals surface area contributed by atoms with Crippen molar-refractivity contribution in [3.8, 4) is 0 Å². The normalized spacial score (nSPS) is 20.5. The standard InChI is InChI=1S/C16H22FN3O/c17-13-3-1-2-4-15(13)19-7-9-20(10-8-19)16(21)11-14(18)12-5-6-12/h1-4,12,14H,5-11,18H2. The lowest BCUT2D eigenvalue weighted by Gasteiger charge is -2.36. The molecule has 2 aliphatic rings. The molecule has 0 radical (unpaired) electrons. The fourth-order valence-electron chi connectivity index (χ4n) is 2.93. The Kier molecular flexibility index (Phi) is 4.10. The number of amides is 1. The van der Waals surface area contributed by atoms with Crippen LogP contribution in [-0.2, 0) is 4.79 Å². The second-order valence-corrected chi connectivity index (χ2v) is 6.02. The predicted molar refractivity (Wildman–Crippen MR) is 80.5 cm³/mol. The van der Waals surface area contributed by atoms with E-state index in [-0.39, 0.29) is 17.8 Å². The minimum absolute atomic E-state index is 0.0158. The molecule has 5 heteroatoms. The minimum atomic E-state index is -0.201. The molecule has 1 atom stereocenters. The molecule has 0 aromatic heterocycles. The Morgan fingerprint density at radius 3 is 2.52 bits per heavy atom. The Hall–Kier alpha value is -1.62. The Morgan fingerprint density at radius 1 is 1.24 bits per heavy atom. The molecule has 21 heavy (non-hydrogen) atoms. The fourth-order valence-corrected chi connectivity index (χ4v) is 2.93. The van der Waals surface area contributed by atoms with Crippen molar-refractivity contribution in [2.24, 2.45) is 11.7 Å². The van der Waals surface area contributed by atoms with E-state index < -0.39 is 0 Å². The van der Waals surface area contributed by atoms with E-state index in [0.29, 0.717) is 44.2 Å². The van der Waals surface area contributed by atoms with Gasteiger partial charge < -0.3 is 15.5 Å². The van der Waals surface area contributed by atoms with Crippen molar-refractivity contribution < 1.29 is 9.18 Å². The third-order valence-electron chi connectivity index (χ3n) is 4.46. The number of para-hydroxylation sites is 1. The van der Waals surface area contributed by atoms with Crippen molar-refractivity contribution in [3.05, 3.63) is 30.1 Å². The molecule has 114 valence electrons. The molecule has 0 bridgehead atoms. The van der Waals surface area contributed by atoms with Crippen LogP contribution >= 0.6 is 0 Å². The molecule has 1 amide bonds. The van der Waals surface area contributed by atoms with Crippen LogP contribution < -0.4 is 10.6 Å². The Morgan fingerprint density at radius 2 is 1.90 bits per heavy atom. The molecule has 4 nitrogen and oxygen atoms in total. The quantitative estimate of drug-likeness (QED) is 0.917. The smallest absolute Gasteiger partial charge is 0.224 e. The zero-order chi connectivity index (χ0) is 14.8. The van der Waals surface area contributed by atoms with Crippen LogP contribution in [0.4, 0.5) is 10.1 Å². The van der Waals surface area contributed by atoms with Gasteiger partial charge in [0.05, 0.1) is 5.69 Å². The van der Waals surface area contributed by atoms with Crippen LogP contribution in [0.25, 0.3) is 0 Å². The summed E-state index contributed by atoms with van der Waals surface area (Å²) < 4.78 is 13.8. The van der Waals surface area contributed by atoms with Crippen LogP contribution in [0.2, 0.25) is 0 Å². The van der Waals surface area contributed by atoms with Crippen LogP contribution in [-0.4, -0.2) is 43.0 Å². The Labute approximate surface area is 124 Å². The van der Waals surface area contributed by atoms with E-state index in [4.69, 9.17) is 5.73 Å². The number of halogens is 1. The SMILES string of the molecule is NC(CC(=O)N1CCN(c2ccccc2F)CC1)C1CC1. The number of carbonyl (C=O) groups excluding carboxylic acids is 1. The summed E-state index contributed by atoms with van der Waals surface area (Å²) in [5, 5.41) is 0. The molecular weight excluding hydrogens is 269 g/mol. The fraction of sp³-hybridized carbons (Fsp3) is 0.562. The van der Waals surface area contributed by atoms with Crippen LogP contribution in [0.5, 0.6) is 0 Å². The number of nitrogens with two attached hydrogens (primary N) is 1. The van der Waals surface area contributed by atoms with Gasteiger partial charge in [0.2, 0.25) is 5.91 Å². The van der Waals surface area contributed by atoms with Gasteiger partial charge in [-0.2, -0.15) is 0 Å². The lowest BCUT2D eigenvalue weighted by Crippen LogP contribution is -2.50. The van der Waals surface area contributed by atoms with E-state index in [1.54, 1.807) is 12.1 Å². The van der Waals surface area contributed by atoms with Crippen LogP contribution in [0.1, 0.15) is 19.3 Å². The Balaban J connectivity index is 1.52. The molecule has 1 aliphatic carbocycles. The maximum Gasteiger partial charge on any atom is 0.224 e. The van der Waals surface area contributed by atoms with Gasteiger partial charge in [0.15, 0.2) is 0 Å². The monoisotopic (exact) mass is 291 g/mol. The average molecular weight is 291 g/mol. The molecule has 1 saturated carbocycles. The van der Waals surface area contributed by atoms with E-state index in [0.717, 1.165) is 12.8 Å². The second-order valence-electron chi connectivity index (χ2n) is 6.02. The highest BCUT2D eigenvalue weighted by molar-refractivity contribution is 5.77. The molecule has 1 heterocycles. The molecule has 0 spiro atoms. The average Bonchev–Trinajstić information content (AvgIpc) is 3.32. The number of benzene rings is 1. The van der Waals surface area contributed by atoms with Gasteiger partial charge in [-0.1, -0.05) is 12.1 Å². The summed E-state index contributed by atoms with van der Waals surface area (Å²) in [6, 6.07) is 6.81. The first-order valence-corrected chi connectivity index (χ1v) is 7.68. The highest BCUT2D eigenvalue weighted by Gasteiger charge is 2.31. The van der Waals surface area contributed by atoms with Crippen molar-refractivity contribution in [3.63, 3.8) is 0 Å². The zero-order valence-electron chi connectivity index (χ0n) is 12.2. The largest absolute Gasteiger partial charge is 0.366 e. The first-order chi connectivity index (χ1) is 10.1. The molecule has 1 saturated heterocycles. The number of piperazine rings is 1. The van der Waals surface area contributed by atoms with Crippen LogP contribution in [0, 0.1) is 11.7 Å². The van der Waals surface area contributed by atoms with Gasteiger partial charge in [-0.05, 0) is 30.9 Å². The third-order valence-corrected chi connectivity index (χ3v) is 4.46. The first kappa shape index (κ1) is 14.3. The van der Waals surface area contributed by atoms with Gasteiger partial charge in [0.1, 0.15) is 5.82 Å². The molecule has 1 aliphatic heterocycles. The lowest BCUT2D eigenvalue weighted by atomic mass is 10.1. The van der Waals surface area contributed by atoms with Gasteiger partial charge in [-0.3, -0.25) is 4.79 Å². The van der Waals surface area contributed by atoms with Crippen LogP contribution in [0.3, 0.4) is 0 Å². The molecule has 2 N–H and O–H groups in total. The van der Waals surface area contributed by atoms with Crippen molar-refractivity contribution in [1.29, 1.82) is 0 Å². The van der Waals surface area contributed by atoms with E-state index in [9.17, 15) is 9.18 Å². The summed E-state index contributed by atoms with van der Waals surface area (Å²) in [4.78, 5) is 16.1. The second kappa shape index (κ2) is 6.02. The predicted octanol–water partition coefficient (Wildman–Crippen LogP) is 1.60. The number of nitrogens with zero attached hydrogens (tertiary/aromatic N) is 2. The lowest BCUT2D eigenvalue weighted by molar-refractivity contribution is -0.131. The van der Waals surface area contributed by atoms with E-state index >= 15 is 0 Å². The Bertz CT molecular complexity index is 510. The van der Waals surface area contributed by atoms with Gasteiger partial charge in [0, 0.05) is 38.6 Å². The maximum atomic E-state index is 13.8. The molecule has 1 unspecified atom stereocenters. The highest BCUT2D eigenvalue weighted by atomic mass is 19.1. The van der Waals surface area contributed by atoms with Crippen molar-refractivity contribution in [1.82, 2.24) is 4.90 Å². The highest BCUT2D eigenvalue weighted by Crippen LogP contribution is 2.33. The minimum Gasteiger partial charge on any atom is -0.366 e. The zero-order valence-corrected chi connectivity index (χ0v) is 12.2. The van der Waals surface area contributed by atoms with Gasteiger partial charge in [-0.15, -0.1) is 0 Å². The molecule has 1 aromatic carbocycles. The summed E-state index contributed by atoms with van der Waals surface area (Å²) in [6.45, 7) is 2.63. The van der Waals surface area contributed by atoms with Gasteiger partial charge in [0.25, 0.3) is 0 Å². The summed E-state index contributed by atoms with van der Waals surface area (Å²) in [5.74, 6) is 0.490. The molecular formula is C16H22FN3O. The third kappa shape index (κ3) is 3.35. The molecule has 1 aromatic rings. The van der Waals surface area contributed by atoms with Crippen molar-refractivity contribution >= 4 is 11.6 Å². The van der Waals surface area contributed by atoms with E-state index in [1.165, 1.54) is 6.07 Å². The number of hydrogen-bond acceptors (Lipinski definition) is 3. The van der Waals surface area contributed by atoms with Gasteiger partial charge >= 0.3 is 0 Å². The first-order valence-electron chi connectivity index (χ1n) is 7.68. The summed E-state index contributed by atoms with van der Waals surface area (Å²) in [7, 11) is 0. The van der Waals surface area contributed by atoms with Gasteiger partial charge in [-0.25, -0.2) is 4.39 Å². The van der Waals surface area contributed by atoms with E-state index in [1.807, 2.05) is 15.9 Å². The number of carbonyl (C=O) groups is 1. The van der Waals surface area contributed by atoms with Crippen molar-refractivity contribution in [2.75, 3.05) is 31.1 Å². The summed E-state index contributed by atoms with van der Waals surface area (Å²) >= 11 is 0. The topological polar surface area (TPSA) is 49.6 Å². The van der Waals surface area contributed by atoms with E-state index in [2.05, 4.69) is 0 Å².